The Morgan fingerprint density at radius 3 is 1.08 bits per heavy atom. The Balaban J connectivity index is 0.995. The fraction of sp³-hybridized carbons (Fsp3) is 0.397. The van der Waals surface area contributed by atoms with Crippen molar-refractivity contribution in [2.24, 2.45) is 11.8 Å². The lowest BCUT2D eigenvalue weighted by atomic mass is 9.39. The van der Waals surface area contributed by atoms with Crippen LogP contribution in [0, 0.1) is 11.8 Å². The largest absolute Gasteiger partial charge is 0.112 e. The SMILES string of the molecule is CC(C)c1cc(C(C)(C)C)c2c(c1)C13c4c5c6c7c8c9c%10c%11c%12c%13c%14c%15c(c%16c%13c%10c7c4-%16)C1(S2)C1C%15C2c4c7c%10c%13c%15c%16c%17c%18c%19c%20c%21c%22c%23c(c4c4c%22c%19c%16c%104)C2C%14C%12C%23C%21C%11C9C%20C%18C8C6C%17C%15C5C3C%13C71. The molecule has 1 heteroatoms. The van der Waals surface area contributed by atoms with E-state index in [9.17, 15) is 0 Å². The lowest BCUT2D eigenvalue weighted by molar-refractivity contribution is 0.0341. The maximum Gasteiger partial charge on any atom is 0.0645 e. The van der Waals surface area contributed by atoms with Crippen LogP contribution in [0.4, 0.5) is 0 Å². The summed E-state index contributed by atoms with van der Waals surface area (Å²) < 4.78 is 0.0263. The predicted octanol–water partition coefficient (Wildman–Crippen LogP) is 16.9. The van der Waals surface area contributed by atoms with Gasteiger partial charge in [0.1, 0.15) is 0 Å². The molecule has 34 rings (SSSR count). The van der Waals surface area contributed by atoms with E-state index in [1.165, 1.54) is 0 Å². The second-order valence-corrected chi connectivity index (χ2v) is 33.7. The molecule has 23 aliphatic rings. The highest BCUT2D eigenvalue weighted by Crippen LogP contribution is 3.01. The number of rotatable bonds is 1. The molecule has 22 aliphatic carbocycles. The van der Waals surface area contributed by atoms with Crippen LogP contribution in [0.3, 0.4) is 0 Å². The van der Waals surface area contributed by atoms with E-state index in [-0.39, 0.29) is 15.6 Å². The van der Waals surface area contributed by atoms with Gasteiger partial charge in [0.15, 0.2) is 0 Å². The molecule has 22 atom stereocenters. The van der Waals surface area contributed by atoms with Gasteiger partial charge in [0.05, 0.1) is 4.75 Å². The Labute approximate surface area is 426 Å². The molecule has 1 fully saturated rings. The number of benzene rings is 10. The van der Waals surface area contributed by atoms with Crippen molar-refractivity contribution in [3.63, 3.8) is 0 Å². The van der Waals surface area contributed by atoms with Crippen molar-refractivity contribution in [1.82, 2.24) is 0 Å². The second kappa shape index (κ2) is 7.17. The first-order valence-corrected chi connectivity index (χ1v) is 31.3. The van der Waals surface area contributed by atoms with E-state index < -0.39 is 0 Å². The minimum absolute atomic E-state index is 0.00849. The minimum Gasteiger partial charge on any atom is -0.112 e. The maximum absolute atomic E-state index is 3.01. The van der Waals surface area contributed by atoms with Crippen LogP contribution in [0.25, 0.3) is 97.3 Å². The third kappa shape index (κ3) is 1.75. The molecule has 1 saturated carbocycles. The fourth-order valence-electron chi connectivity index (χ4n) is 32.8. The van der Waals surface area contributed by atoms with Crippen molar-refractivity contribution in [3.8, 4) is 11.1 Å². The van der Waals surface area contributed by atoms with E-state index in [1.54, 1.807) is 16.0 Å². The third-order valence-corrected chi connectivity index (χ3v) is 33.6. The zero-order valence-corrected chi connectivity index (χ0v) is 42.0. The van der Waals surface area contributed by atoms with E-state index in [0.717, 1.165) is 0 Å². The summed E-state index contributed by atoms with van der Waals surface area (Å²) in [6.45, 7) is 12.9. The van der Waals surface area contributed by atoms with Crippen molar-refractivity contribution in [2.45, 2.75) is 168 Å². The molecular formula is C73H38S. The van der Waals surface area contributed by atoms with Gasteiger partial charge in [-0.05, 0) is 355 Å². The highest BCUT2D eigenvalue weighted by molar-refractivity contribution is 8.00. The van der Waals surface area contributed by atoms with Gasteiger partial charge in [-0.15, -0.1) is 11.8 Å². The summed E-state index contributed by atoms with van der Waals surface area (Å²) in [6.07, 6.45) is 0. The van der Waals surface area contributed by atoms with Gasteiger partial charge in [0.25, 0.3) is 0 Å². The summed E-state index contributed by atoms with van der Waals surface area (Å²) in [6, 6.07) is 5.81. The first kappa shape index (κ1) is 31.0. The summed E-state index contributed by atoms with van der Waals surface area (Å²) in [7, 11) is 0. The first-order valence-electron chi connectivity index (χ1n) is 30.4. The zero-order chi connectivity index (χ0) is 45.0. The first-order chi connectivity index (χ1) is 36.4. The fourth-order valence-corrected chi connectivity index (χ4v) is 35.2. The molecule has 0 amide bonds. The van der Waals surface area contributed by atoms with Crippen LogP contribution in [0.15, 0.2) is 17.0 Å². The van der Waals surface area contributed by atoms with Crippen LogP contribution in [0.2, 0.25) is 0 Å². The van der Waals surface area contributed by atoms with Crippen molar-refractivity contribution in [3.05, 3.63) is 140 Å². The Morgan fingerprint density at radius 2 is 0.662 bits per heavy atom. The average molecular weight is 947 g/mol. The lowest BCUT2D eigenvalue weighted by Gasteiger charge is -2.65. The Bertz CT molecular complexity index is 5650. The van der Waals surface area contributed by atoms with Crippen molar-refractivity contribution < 1.29 is 0 Å². The summed E-state index contributed by atoms with van der Waals surface area (Å²) >= 11 is 2.63. The van der Waals surface area contributed by atoms with Crippen LogP contribution in [0.5, 0.6) is 0 Å². The molecule has 0 bridgehead atoms. The van der Waals surface area contributed by atoms with E-state index >= 15 is 0 Å². The molecule has 74 heavy (non-hydrogen) atoms. The molecule has 1 heterocycles. The molecule has 2 spiro atoms. The van der Waals surface area contributed by atoms with Crippen LogP contribution >= 0.6 is 11.8 Å². The third-order valence-electron chi connectivity index (χ3n) is 31.8. The second-order valence-electron chi connectivity index (χ2n) is 32.5. The Morgan fingerprint density at radius 1 is 0.351 bits per heavy atom. The van der Waals surface area contributed by atoms with Crippen LogP contribution in [-0.2, 0) is 15.6 Å². The van der Waals surface area contributed by atoms with Gasteiger partial charge in [-0.25, -0.2) is 0 Å². The topological polar surface area (TPSA) is 0 Å². The molecule has 22 unspecified atom stereocenters. The van der Waals surface area contributed by atoms with E-state index in [1.807, 2.05) is 203 Å². The molecular weight excluding hydrogens is 909 g/mol. The summed E-state index contributed by atoms with van der Waals surface area (Å²) in [5.41, 5.74) is 49.9. The summed E-state index contributed by atoms with van der Waals surface area (Å²) in [4.78, 5) is 1.79. The quantitative estimate of drug-likeness (QED) is 0.148. The number of thioether (sulfide) groups is 1. The normalized spacial score (nSPS) is 46.4. The smallest absolute Gasteiger partial charge is 0.0645 e. The molecule has 11 aromatic rings. The molecule has 336 valence electrons. The predicted molar refractivity (Wildman–Crippen MR) is 289 cm³/mol. The molecule has 0 aromatic heterocycles. The minimum atomic E-state index is -0.00849. The highest BCUT2D eigenvalue weighted by Gasteiger charge is 2.90. The van der Waals surface area contributed by atoms with Crippen LogP contribution in [-0.4, -0.2) is 0 Å². The monoisotopic (exact) mass is 946 g/mol. The van der Waals surface area contributed by atoms with Gasteiger partial charge < -0.3 is 0 Å². The van der Waals surface area contributed by atoms with E-state index in [2.05, 4.69) is 69.6 Å². The number of fused-ring (bicyclic) bond motifs is 1. The Hall–Kier alpha value is -5.37. The van der Waals surface area contributed by atoms with Gasteiger partial charge >= 0.3 is 0 Å². The van der Waals surface area contributed by atoms with E-state index in [0.29, 0.717) is 124 Å². The zero-order valence-electron chi connectivity index (χ0n) is 41.2. The lowest BCUT2D eigenvalue weighted by Crippen LogP contribution is -2.62. The average Bonchev–Trinajstić information content (AvgIpc) is 4.30. The number of hydrogen-bond acceptors (Lipinski definition) is 1. The van der Waals surface area contributed by atoms with E-state index in [4.69, 9.17) is 0 Å². The van der Waals surface area contributed by atoms with Crippen molar-refractivity contribution in [2.75, 3.05) is 0 Å². The Kier molecular flexibility index (Phi) is 3.00. The van der Waals surface area contributed by atoms with Crippen molar-refractivity contribution in [1.29, 1.82) is 0 Å². The molecule has 0 saturated heterocycles. The van der Waals surface area contributed by atoms with Gasteiger partial charge in [0.2, 0.25) is 0 Å². The van der Waals surface area contributed by atoms with Gasteiger partial charge in [-0.1, -0.05) is 46.8 Å². The molecule has 0 nitrogen and oxygen atoms in total. The van der Waals surface area contributed by atoms with Gasteiger partial charge in [-0.3, -0.25) is 0 Å². The molecule has 0 radical (unpaired) electrons. The maximum atomic E-state index is 3.01. The van der Waals surface area contributed by atoms with Crippen LogP contribution in [0.1, 0.15) is 275 Å². The molecule has 0 N–H and O–H groups in total. The number of hydrogen-bond donors (Lipinski definition) is 0. The summed E-state index contributed by atoms with van der Waals surface area (Å²) in [5.74, 6) is 13.7. The molecule has 11 aromatic carbocycles. The molecule has 1 aliphatic heterocycles. The van der Waals surface area contributed by atoms with Gasteiger partial charge in [-0.2, -0.15) is 0 Å². The highest BCUT2D eigenvalue weighted by atomic mass is 32.2. The standard InChI is InChI=1S/C73H38S/c1-8(2)9-6-10(71(3,4)5)70-11(7-9)72-66-58-50-40-30-22-14-12-13-16-20-18(14)26-34-28(20)38-32-24(16)25-17(13)21-19-15(12)23(22)31-37-27(19)35-29(21)39-33(25)43-42(32)54-48(38)56-46(34)52(44(50)36(26)30)60(66)62(56)68-64(54)65-55(43)49(39)57-47(35)53-45(37)51(41(31)40)59(58)67(72)61(53)63(57)69(65)73(68,72)74-70/h6-8,14,16,18,20,22,24,30,32,40-43,51,55,59,61,63,65,67,69H,1-5H3. The van der Waals surface area contributed by atoms with Crippen LogP contribution < -0.4 is 0 Å². The summed E-state index contributed by atoms with van der Waals surface area (Å²) in [5, 5.41) is 30.8. The van der Waals surface area contributed by atoms with Crippen molar-refractivity contribution >= 4 is 97.9 Å². The van der Waals surface area contributed by atoms with Gasteiger partial charge in [0, 0.05) is 10.3 Å².